The maximum absolute atomic E-state index is 11.9. The lowest BCUT2D eigenvalue weighted by Crippen LogP contribution is -2.41. The zero-order chi connectivity index (χ0) is 14.5. The fourth-order valence-corrected chi connectivity index (χ4v) is 1.62. The molecule has 0 unspecified atom stereocenters. The van der Waals surface area contributed by atoms with E-state index in [-0.39, 0.29) is 19.1 Å². The Bertz CT molecular complexity index is 633. The number of aromatic nitrogens is 2. The third-order valence-corrected chi connectivity index (χ3v) is 2.83. The molecule has 1 N–H and O–H groups in total. The molecular weight excluding hydrogens is 262 g/mol. The maximum Gasteiger partial charge on any atom is 0.431 e. The molecule has 0 aliphatic carbocycles. The van der Waals surface area contributed by atoms with Gasteiger partial charge in [0.2, 0.25) is 0 Å². The van der Waals surface area contributed by atoms with E-state index >= 15 is 0 Å². The van der Waals surface area contributed by atoms with Gasteiger partial charge in [0.15, 0.2) is 13.7 Å². The molecular formula is C13H16N3O4+. The average Bonchev–Trinajstić information content (AvgIpc) is 2.77. The van der Waals surface area contributed by atoms with Gasteiger partial charge in [0.1, 0.15) is 12.3 Å². The number of nitrogens with zero attached hydrogens (tertiary/aromatic N) is 2. The number of para-hydroxylation sites is 1. The summed E-state index contributed by atoms with van der Waals surface area (Å²) >= 11 is 0. The van der Waals surface area contributed by atoms with Crippen molar-refractivity contribution in [1.29, 1.82) is 0 Å². The van der Waals surface area contributed by atoms with Crippen LogP contribution < -0.4 is 15.0 Å². The van der Waals surface area contributed by atoms with Gasteiger partial charge in [0, 0.05) is 7.05 Å². The van der Waals surface area contributed by atoms with Gasteiger partial charge in [-0.15, -0.1) is 0 Å². The summed E-state index contributed by atoms with van der Waals surface area (Å²) in [5.74, 6) is 0.399. The number of hydrogen-bond acceptors (Lipinski definition) is 4. The van der Waals surface area contributed by atoms with E-state index in [0.29, 0.717) is 11.4 Å². The lowest BCUT2D eigenvalue weighted by Gasteiger charge is -2.14. The SMILES string of the molecule is CN(Cc1c(=O)o[nH][n+]1C)C(=O)COc1ccccc1. The predicted octanol–water partition coefficient (Wildman–Crippen LogP) is -0.170. The number of aryl methyl sites for hydroxylation is 1. The minimum absolute atomic E-state index is 0.0833. The Hall–Kier alpha value is -2.57. The van der Waals surface area contributed by atoms with Gasteiger partial charge < -0.3 is 9.64 Å². The second kappa shape index (κ2) is 6.05. The molecule has 0 bridgehead atoms. The first-order chi connectivity index (χ1) is 9.58. The van der Waals surface area contributed by atoms with Crippen LogP contribution in [0.2, 0.25) is 0 Å². The second-order valence-electron chi connectivity index (χ2n) is 4.34. The molecule has 1 aromatic carbocycles. The monoisotopic (exact) mass is 278 g/mol. The first-order valence-electron chi connectivity index (χ1n) is 6.06. The Morgan fingerprint density at radius 3 is 2.70 bits per heavy atom. The van der Waals surface area contributed by atoms with Crippen molar-refractivity contribution in [3.63, 3.8) is 0 Å². The fourth-order valence-electron chi connectivity index (χ4n) is 1.62. The first-order valence-corrected chi connectivity index (χ1v) is 6.06. The van der Waals surface area contributed by atoms with E-state index in [2.05, 4.69) is 9.79 Å². The highest BCUT2D eigenvalue weighted by Gasteiger charge is 2.21. The third kappa shape index (κ3) is 3.25. The van der Waals surface area contributed by atoms with Gasteiger partial charge in [0.25, 0.3) is 5.91 Å². The van der Waals surface area contributed by atoms with Crippen LogP contribution in [0.1, 0.15) is 5.69 Å². The summed E-state index contributed by atoms with van der Waals surface area (Å²) in [6, 6.07) is 9.07. The van der Waals surface area contributed by atoms with Crippen LogP contribution in [0.4, 0.5) is 0 Å². The number of carbonyl (C=O) groups is 1. The van der Waals surface area contributed by atoms with Gasteiger partial charge in [-0.2, -0.15) is 0 Å². The van der Waals surface area contributed by atoms with Crippen LogP contribution in [-0.4, -0.2) is 29.7 Å². The number of hydrogen-bond donors (Lipinski definition) is 1. The molecule has 0 atom stereocenters. The van der Waals surface area contributed by atoms with E-state index in [1.54, 1.807) is 26.2 Å². The Morgan fingerprint density at radius 2 is 2.10 bits per heavy atom. The zero-order valence-corrected chi connectivity index (χ0v) is 11.3. The van der Waals surface area contributed by atoms with Gasteiger partial charge in [-0.05, 0) is 17.4 Å². The van der Waals surface area contributed by atoms with Crippen molar-refractivity contribution in [2.45, 2.75) is 6.54 Å². The van der Waals surface area contributed by atoms with Crippen LogP contribution in [-0.2, 0) is 18.4 Å². The highest BCUT2D eigenvalue weighted by Crippen LogP contribution is 2.08. The van der Waals surface area contributed by atoms with Crippen molar-refractivity contribution in [2.75, 3.05) is 13.7 Å². The normalized spacial score (nSPS) is 10.3. The summed E-state index contributed by atoms with van der Waals surface area (Å²) in [7, 11) is 3.24. The summed E-state index contributed by atoms with van der Waals surface area (Å²) in [6.45, 7) is 0.0688. The minimum atomic E-state index is -0.490. The van der Waals surface area contributed by atoms with Crippen LogP contribution in [0.25, 0.3) is 0 Å². The van der Waals surface area contributed by atoms with E-state index in [9.17, 15) is 9.59 Å². The van der Waals surface area contributed by atoms with Gasteiger partial charge >= 0.3 is 11.3 Å². The second-order valence-corrected chi connectivity index (χ2v) is 4.34. The van der Waals surface area contributed by atoms with E-state index in [1.807, 2.05) is 18.2 Å². The average molecular weight is 278 g/mol. The topological polar surface area (TPSA) is 79.4 Å². The number of H-pyrrole nitrogens is 1. The van der Waals surface area contributed by atoms with Crippen LogP contribution >= 0.6 is 0 Å². The van der Waals surface area contributed by atoms with E-state index in [0.717, 1.165) is 0 Å². The molecule has 0 saturated heterocycles. The predicted molar refractivity (Wildman–Crippen MR) is 68.9 cm³/mol. The Balaban J connectivity index is 1.91. The summed E-state index contributed by atoms with van der Waals surface area (Å²) < 4.78 is 11.4. The van der Waals surface area contributed by atoms with Gasteiger partial charge in [-0.3, -0.25) is 9.32 Å². The minimum Gasteiger partial charge on any atom is -0.484 e. The Kier molecular flexibility index (Phi) is 4.19. The Morgan fingerprint density at radius 1 is 1.40 bits per heavy atom. The molecule has 1 heterocycles. The highest BCUT2D eigenvalue weighted by atomic mass is 16.5. The smallest absolute Gasteiger partial charge is 0.431 e. The fraction of sp³-hybridized carbons (Fsp3) is 0.308. The molecule has 7 nitrogen and oxygen atoms in total. The number of carbonyl (C=O) groups excluding carboxylic acids is 1. The number of rotatable bonds is 5. The zero-order valence-electron chi connectivity index (χ0n) is 11.3. The highest BCUT2D eigenvalue weighted by molar-refractivity contribution is 5.77. The van der Waals surface area contributed by atoms with Gasteiger partial charge in [0.05, 0.1) is 0 Å². The molecule has 2 rings (SSSR count). The molecule has 0 saturated carbocycles. The molecule has 0 aliphatic heterocycles. The summed E-state index contributed by atoms with van der Waals surface area (Å²) in [5.41, 5.74) is -0.128. The van der Waals surface area contributed by atoms with Crippen LogP contribution in [0, 0.1) is 0 Å². The lowest BCUT2D eigenvalue weighted by molar-refractivity contribution is -0.746. The number of ether oxygens (including phenoxy) is 1. The lowest BCUT2D eigenvalue weighted by atomic mass is 10.3. The van der Waals surface area contributed by atoms with Crippen molar-refractivity contribution < 1.29 is 18.7 Å². The number of aromatic amines is 1. The molecule has 1 amide bonds. The molecule has 7 heteroatoms. The first kappa shape index (κ1) is 13.9. The molecule has 0 radical (unpaired) electrons. The number of likely N-dealkylation sites (N-methyl/N-ethyl adjacent to an activating group) is 1. The van der Waals surface area contributed by atoms with Crippen molar-refractivity contribution in [2.24, 2.45) is 7.05 Å². The molecule has 106 valence electrons. The number of amides is 1. The molecule has 20 heavy (non-hydrogen) atoms. The van der Waals surface area contributed by atoms with Crippen molar-refractivity contribution >= 4 is 5.91 Å². The van der Waals surface area contributed by atoms with Crippen molar-refractivity contribution in [3.8, 4) is 5.75 Å². The van der Waals surface area contributed by atoms with E-state index in [4.69, 9.17) is 4.74 Å². The largest absolute Gasteiger partial charge is 0.484 e. The van der Waals surface area contributed by atoms with Gasteiger partial charge in [-0.1, -0.05) is 22.9 Å². The molecule has 0 spiro atoms. The quantitative estimate of drug-likeness (QED) is 0.770. The van der Waals surface area contributed by atoms with Crippen molar-refractivity contribution in [1.82, 2.24) is 10.2 Å². The van der Waals surface area contributed by atoms with E-state index < -0.39 is 5.63 Å². The summed E-state index contributed by atoms with van der Waals surface area (Å²) in [5, 5.41) is 2.40. The van der Waals surface area contributed by atoms with Gasteiger partial charge in [-0.25, -0.2) is 4.79 Å². The summed E-state index contributed by atoms with van der Waals surface area (Å²) in [4.78, 5) is 24.7. The number of benzene rings is 1. The Labute approximate surface area is 115 Å². The van der Waals surface area contributed by atoms with E-state index in [1.165, 1.54) is 9.58 Å². The molecule has 0 aliphatic rings. The van der Waals surface area contributed by atoms with Crippen LogP contribution in [0.15, 0.2) is 39.6 Å². The number of nitrogens with one attached hydrogen (secondary N) is 1. The third-order valence-electron chi connectivity index (χ3n) is 2.83. The van der Waals surface area contributed by atoms with Crippen LogP contribution in [0.5, 0.6) is 5.75 Å². The molecule has 1 aromatic heterocycles. The van der Waals surface area contributed by atoms with Crippen molar-refractivity contribution in [3.05, 3.63) is 46.4 Å². The van der Waals surface area contributed by atoms with Crippen LogP contribution in [0.3, 0.4) is 0 Å². The standard InChI is InChI=1S/C13H15N3O4/c1-15(8-11-13(18)20-14-16(11)2)12(17)9-19-10-6-4-3-5-7-10/h3-7H,8-9H2,1-2H3/p+1. The maximum atomic E-state index is 11.9. The summed E-state index contributed by atoms with van der Waals surface area (Å²) in [6.07, 6.45) is 0. The molecule has 0 fully saturated rings. The molecule has 2 aromatic rings.